The molecule has 2 rings (SSSR count). The molecular weight excluding hydrogens is 331 g/mol. The minimum atomic E-state index is -4.96. The summed E-state index contributed by atoms with van der Waals surface area (Å²) in [5.41, 5.74) is 1.28. The average molecular weight is 349 g/mol. The molecule has 0 unspecified atom stereocenters. The molecule has 0 aromatic carbocycles. The van der Waals surface area contributed by atoms with Gasteiger partial charge in [0.2, 0.25) is 6.10 Å². The van der Waals surface area contributed by atoms with E-state index in [-0.39, 0.29) is 25.4 Å². The molecule has 1 aliphatic rings. The van der Waals surface area contributed by atoms with E-state index < -0.39 is 24.2 Å². The molecule has 10 heteroatoms. The Bertz CT molecular complexity index is 594. The Labute approximate surface area is 135 Å². The molecule has 0 spiro atoms. The summed E-state index contributed by atoms with van der Waals surface area (Å²) in [7, 11) is 1.28. The molecule has 1 saturated heterocycles. The average Bonchev–Trinajstić information content (AvgIpc) is 3.01. The number of carbonyl (C=O) groups is 2. The highest BCUT2D eigenvalue weighted by molar-refractivity contribution is 5.81. The molecule has 1 aromatic heterocycles. The van der Waals surface area contributed by atoms with Gasteiger partial charge in [-0.25, -0.2) is 0 Å². The SMILES string of the molecule is COC(=O)Cc1cc(C2CCN(C(=O)[C@H](O)C(F)(F)F)CC2)n[nH]1. The van der Waals surface area contributed by atoms with Crippen molar-refractivity contribution in [2.75, 3.05) is 20.2 Å². The van der Waals surface area contributed by atoms with E-state index in [1.165, 1.54) is 7.11 Å². The van der Waals surface area contributed by atoms with Crippen molar-refractivity contribution >= 4 is 11.9 Å². The fourth-order valence-corrected chi connectivity index (χ4v) is 2.62. The van der Waals surface area contributed by atoms with E-state index in [2.05, 4.69) is 14.9 Å². The molecular formula is C14H18F3N3O4. The van der Waals surface area contributed by atoms with E-state index in [1.54, 1.807) is 6.07 Å². The van der Waals surface area contributed by atoms with Crippen molar-refractivity contribution in [1.29, 1.82) is 0 Å². The van der Waals surface area contributed by atoms with E-state index in [1.807, 2.05) is 0 Å². The van der Waals surface area contributed by atoms with E-state index in [0.717, 1.165) is 4.90 Å². The predicted molar refractivity (Wildman–Crippen MR) is 74.9 cm³/mol. The van der Waals surface area contributed by atoms with Gasteiger partial charge in [-0.15, -0.1) is 0 Å². The van der Waals surface area contributed by atoms with Gasteiger partial charge in [0, 0.05) is 24.7 Å². The third kappa shape index (κ3) is 4.25. The summed E-state index contributed by atoms with van der Waals surface area (Å²) in [6, 6.07) is 1.71. The second kappa shape index (κ2) is 7.20. The van der Waals surface area contributed by atoms with Gasteiger partial charge in [-0.05, 0) is 18.9 Å². The van der Waals surface area contributed by atoms with Crippen LogP contribution in [0.15, 0.2) is 6.07 Å². The van der Waals surface area contributed by atoms with E-state index in [0.29, 0.717) is 24.2 Å². The third-order valence-electron chi connectivity index (χ3n) is 3.98. The first-order valence-corrected chi connectivity index (χ1v) is 7.37. The molecule has 134 valence electrons. The number of ether oxygens (including phenoxy) is 1. The van der Waals surface area contributed by atoms with E-state index in [9.17, 15) is 22.8 Å². The minimum Gasteiger partial charge on any atom is -0.469 e. The number of esters is 1. The number of nitrogens with one attached hydrogen (secondary N) is 1. The van der Waals surface area contributed by atoms with Crippen molar-refractivity contribution in [2.24, 2.45) is 0 Å². The maximum absolute atomic E-state index is 12.4. The number of methoxy groups -OCH3 is 1. The number of aromatic nitrogens is 2. The molecule has 0 bridgehead atoms. The zero-order valence-corrected chi connectivity index (χ0v) is 13.0. The highest BCUT2D eigenvalue weighted by Gasteiger charge is 2.45. The van der Waals surface area contributed by atoms with E-state index >= 15 is 0 Å². The maximum Gasteiger partial charge on any atom is 0.423 e. The number of H-pyrrole nitrogens is 1. The van der Waals surface area contributed by atoms with Crippen molar-refractivity contribution in [3.8, 4) is 0 Å². The number of carbonyl (C=O) groups excluding carboxylic acids is 2. The lowest BCUT2D eigenvalue weighted by atomic mass is 9.93. The van der Waals surface area contributed by atoms with Crippen LogP contribution in [0.5, 0.6) is 0 Å². The Balaban J connectivity index is 1.91. The Kier molecular flexibility index (Phi) is 5.47. The quantitative estimate of drug-likeness (QED) is 0.783. The first-order valence-electron chi connectivity index (χ1n) is 7.37. The van der Waals surface area contributed by atoms with Crippen LogP contribution < -0.4 is 0 Å². The fourth-order valence-electron chi connectivity index (χ4n) is 2.62. The number of halogens is 3. The number of aliphatic hydroxyl groups excluding tert-OH is 1. The Morgan fingerprint density at radius 1 is 1.46 bits per heavy atom. The number of alkyl halides is 3. The Morgan fingerprint density at radius 2 is 2.08 bits per heavy atom. The normalized spacial score (nSPS) is 17.6. The number of likely N-dealkylation sites (tertiary alicyclic amines) is 1. The maximum atomic E-state index is 12.4. The summed E-state index contributed by atoms with van der Waals surface area (Å²) < 4.78 is 41.7. The topological polar surface area (TPSA) is 95.5 Å². The lowest BCUT2D eigenvalue weighted by Gasteiger charge is -2.32. The van der Waals surface area contributed by atoms with Gasteiger partial charge in [0.05, 0.1) is 19.2 Å². The smallest absolute Gasteiger partial charge is 0.423 e. The first-order chi connectivity index (χ1) is 11.2. The van der Waals surface area contributed by atoms with Gasteiger partial charge in [-0.1, -0.05) is 0 Å². The van der Waals surface area contributed by atoms with Gasteiger partial charge in [0.15, 0.2) is 0 Å². The molecule has 7 nitrogen and oxygen atoms in total. The lowest BCUT2D eigenvalue weighted by molar-refractivity contribution is -0.211. The highest BCUT2D eigenvalue weighted by Crippen LogP contribution is 2.29. The number of nitrogens with zero attached hydrogens (tertiary/aromatic N) is 2. The largest absolute Gasteiger partial charge is 0.469 e. The third-order valence-corrected chi connectivity index (χ3v) is 3.98. The van der Waals surface area contributed by atoms with Gasteiger partial charge >= 0.3 is 12.1 Å². The lowest BCUT2D eigenvalue weighted by Crippen LogP contribution is -2.48. The predicted octanol–water partition coefficient (Wildman–Crippen LogP) is 0.754. The minimum absolute atomic E-state index is 0.0280. The van der Waals surface area contributed by atoms with Crippen molar-refractivity contribution in [3.63, 3.8) is 0 Å². The number of aliphatic hydroxyl groups is 1. The van der Waals surface area contributed by atoms with Crippen molar-refractivity contribution in [1.82, 2.24) is 15.1 Å². The fraction of sp³-hybridized carbons (Fsp3) is 0.643. The van der Waals surface area contributed by atoms with Crippen LogP contribution in [-0.4, -0.2) is 64.6 Å². The molecule has 24 heavy (non-hydrogen) atoms. The van der Waals surface area contributed by atoms with Crippen molar-refractivity contribution in [2.45, 2.75) is 37.5 Å². The molecule has 2 N–H and O–H groups in total. The van der Waals surface area contributed by atoms with Crippen LogP contribution in [0.4, 0.5) is 13.2 Å². The zero-order valence-electron chi connectivity index (χ0n) is 13.0. The molecule has 0 aliphatic carbocycles. The molecule has 1 atom stereocenters. The van der Waals surface area contributed by atoms with Crippen LogP contribution in [0.25, 0.3) is 0 Å². The van der Waals surface area contributed by atoms with Crippen molar-refractivity contribution < 1.29 is 32.6 Å². The molecule has 1 aliphatic heterocycles. The van der Waals surface area contributed by atoms with Gasteiger partial charge in [-0.2, -0.15) is 18.3 Å². The number of aromatic amines is 1. The number of hydrogen-bond donors (Lipinski definition) is 2. The van der Waals surface area contributed by atoms with Crippen LogP contribution in [0.2, 0.25) is 0 Å². The number of rotatable bonds is 4. The molecule has 0 radical (unpaired) electrons. The first kappa shape index (κ1) is 18.2. The second-order valence-corrected chi connectivity index (χ2v) is 5.61. The molecule has 1 fully saturated rings. The molecule has 0 saturated carbocycles. The summed E-state index contributed by atoms with van der Waals surface area (Å²) in [5, 5.41) is 15.8. The van der Waals surface area contributed by atoms with Crippen LogP contribution in [0.1, 0.15) is 30.1 Å². The highest BCUT2D eigenvalue weighted by atomic mass is 19.4. The molecule has 2 heterocycles. The Hall–Kier alpha value is -2.10. The summed E-state index contributed by atoms with van der Waals surface area (Å²) in [4.78, 5) is 23.8. The summed E-state index contributed by atoms with van der Waals surface area (Å²) in [6.45, 7) is 0.214. The zero-order chi connectivity index (χ0) is 17.9. The number of hydrogen-bond acceptors (Lipinski definition) is 5. The van der Waals surface area contributed by atoms with Gasteiger partial charge < -0.3 is 14.7 Å². The second-order valence-electron chi connectivity index (χ2n) is 5.61. The van der Waals surface area contributed by atoms with Crippen LogP contribution in [0.3, 0.4) is 0 Å². The monoisotopic (exact) mass is 349 g/mol. The van der Waals surface area contributed by atoms with Gasteiger partial charge in [-0.3, -0.25) is 14.7 Å². The van der Waals surface area contributed by atoms with Gasteiger partial charge in [0.1, 0.15) is 0 Å². The standard InChI is InChI=1S/C14H18F3N3O4/c1-24-11(21)7-9-6-10(19-18-9)8-2-4-20(5-3-8)13(23)12(22)14(15,16)17/h6,8,12,22H,2-5,7H2,1H3,(H,18,19)/t12-/m0/s1. The van der Waals surface area contributed by atoms with Gasteiger partial charge in [0.25, 0.3) is 5.91 Å². The van der Waals surface area contributed by atoms with Crippen LogP contribution in [0, 0.1) is 0 Å². The van der Waals surface area contributed by atoms with Crippen molar-refractivity contribution in [3.05, 3.63) is 17.5 Å². The van der Waals surface area contributed by atoms with E-state index in [4.69, 9.17) is 5.11 Å². The van der Waals surface area contributed by atoms with Crippen LogP contribution >= 0.6 is 0 Å². The summed E-state index contributed by atoms with van der Waals surface area (Å²) in [6.07, 6.45) is -7.03. The summed E-state index contributed by atoms with van der Waals surface area (Å²) in [5.74, 6) is -1.76. The molecule has 1 amide bonds. The summed E-state index contributed by atoms with van der Waals surface area (Å²) >= 11 is 0. The Morgan fingerprint density at radius 3 is 2.62 bits per heavy atom. The molecule has 1 aromatic rings. The van der Waals surface area contributed by atoms with Crippen LogP contribution in [-0.2, 0) is 20.7 Å². The number of amides is 1. The number of piperidine rings is 1.